The van der Waals surface area contributed by atoms with Crippen LogP contribution in [0.2, 0.25) is 0 Å². The van der Waals surface area contributed by atoms with Crippen molar-refractivity contribution in [2.45, 2.75) is 43.4 Å². The molecule has 0 saturated heterocycles. The molecule has 0 aliphatic heterocycles. The van der Waals surface area contributed by atoms with Crippen molar-refractivity contribution in [2.24, 2.45) is 0 Å². The molecule has 4 rings (SSSR count). The Morgan fingerprint density at radius 1 is 1.00 bits per heavy atom. The van der Waals surface area contributed by atoms with Crippen LogP contribution in [0.3, 0.4) is 0 Å². The van der Waals surface area contributed by atoms with Crippen LogP contribution >= 0.6 is 11.8 Å². The number of rotatable bonds is 7. The number of anilines is 1. The molecule has 3 aromatic carbocycles. The Hall–Kier alpha value is -4.48. The Morgan fingerprint density at radius 2 is 1.69 bits per heavy atom. The van der Waals surface area contributed by atoms with E-state index in [0.717, 1.165) is 16.7 Å². The zero-order chi connectivity index (χ0) is 28.2. The number of pyridine rings is 1. The summed E-state index contributed by atoms with van der Waals surface area (Å²) in [4.78, 5) is 28.4. The van der Waals surface area contributed by atoms with E-state index in [1.54, 1.807) is 13.0 Å². The van der Waals surface area contributed by atoms with Crippen molar-refractivity contribution in [2.75, 3.05) is 5.32 Å². The summed E-state index contributed by atoms with van der Waals surface area (Å²) in [5, 5.41) is 23.8. The molecule has 0 unspecified atom stereocenters. The summed E-state index contributed by atoms with van der Waals surface area (Å²) < 4.78 is 0. The van der Waals surface area contributed by atoms with Crippen LogP contribution in [0.4, 0.5) is 11.4 Å². The number of hydrogen-bond donors (Lipinski definition) is 1. The van der Waals surface area contributed by atoms with Gasteiger partial charge < -0.3 is 5.32 Å². The van der Waals surface area contributed by atoms with Crippen LogP contribution in [0, 0.1) is 21.4 Å². The number of nitriles is 1. The normalized spacial score (nSPS) is 11.9. The molecule has 8 heteroatoms. The molecule has 1 N–H and O–H groups in total. The maximum atomic E-state index is 13.0. The van der Waals surface area contributed by atoms with Crippen molar-refractivity contribution in [1.82, 2.24) is 4.98 Å². The average molecular weight is 537 g/mol. The monoisotopic (exact) mass is 536 g/mol. The van der Waals surface area contributed by atoms with Crippen LogP contribution in [-0.2, 0) is 10.2 Å². The standard InChI is InChI=1S/C31H28N4O3S/c1-20(29(36)33-24-11-8-12-25(17-24)35(37)38)39-30-27(19-32)26(18-28(34-30)22-9-6-5-7-10-22)21-13-15-23(16-14-21)31(2,3)4/h5-18,20H,1-4H3,(H,33,36)/t20-/m1/s1. The fourth-order valence-electron chi connectivity index (χ4n) is 4.01. The highest BCUT2D eigenvalue weighted by Crippen LogP contribution is 2.36. The van der Waals surface area contributed by atoms with E-state index in [4.69, 9.17) is 4.98 Å². The molecule has 1 heterocycles. The van der Waals surface area contributed by atoms with Crippen molar-refractivity contribution in [3.63, 3.8) is 0 Å². The van der Waals surface area contributed by atoms with Crippen molar-refractivity contribution in [3.05, 3.63) is 106 Å². The SMILES string of the molecule is C[C@@H](Sc1nc(-c2ccccc2)cc(-c2ccc(C(C)(C)C)cc2)c1C#N)C(=O)Nc1cccc([N+](=O)[O-])c1. The molecule has 4 aromatic rings. The Balaban J connectivity index is 1.72. The number of benzene rings is 3. The second-order valence-corrected chi connectivity index (χ2v) is 11.4. The molecule has 0 fully saturated rings. The number of carbonyl (C=O) groups excluding carboxylic acids is 1. The third kappa shape index (κ3) is 6.51. The van der Waals surface area contributed by atoms with E-state index in [1.807, 2.05) is 48.5 Å². The summed E-state index contributed by atoms with van der Waals surface area (Å²) in [6.07, 6.45) is 0. The van der Waals surface area contributed by atoms with E-state index in [0.29, 0.717) is 22.0 Å². The highest BCUT2D eigenvalue weighted by Gasteiger charge is 2.22. The summed E-state index contributed by atoms with van der Waals surface area (Å²) in [5.41, 5.74) is 4.99. The molecule has 0 bridgehead atoms. The van der Waals surface area contributed by atoms with Crippen LogP contribution < -0.4 is 5.32 Å². The molecule has 1 amide bonds. The number of nitro benzene ring substituents is 1. The van der Waals surface area contributed by atoms with E-state index in [9.17, 15) is 20.2 Å². The maximum Gasteiger partial charge on any atom is 0.271 e. The van der Waals surface area contributed by atoms with Gasteiger partial charge in [-0.15, -0.1) is 0 Å². The second kappa shape index (κ2) is 11.5. The first-order valence-corrected chi connectivity index (χ1v) is 13.3. The number of aromatic nitrogens is 1. The van der Waals surface area contributed by atoms with Crippen LogP contribution in [0.15, 0.2) is 90.0 Å². The van der Waals surface area contributed by atoms with Crippen molar-refractivity contribution >= 4 is 29.0 Å². The number of non-ortho nitro benzene ring substituents is 1. The Morgan fingerprint density at radius 3 is 2.31 bits per heavy atom. The Labute approximate surface area is 232 Å². The molecule has 0 aliphatic rings. The van der Waals surface area contributed by atoms with Gasteiger partial charge in [0.05, 0.1) is 21.4 Å². The minimum Gasteiger partial charge on any atom is -0.325 e. The Bertz CT molecular complexity index is 1560. The minimum atomic E-state index is -0.633. The van der Waals surface area contributed by atoms with Crippen LogP contribution in [-0.4, -0.2) is 21.1 Å². The van der Waals surface area contributed by atoms with Gasteiger partial charge in [0.2, 0.25) is 5.91 Å². The lowest BCUT2D eigenvalue weighted by molar-refractivity contribution is -0.384. The number of nitrogens with one attached hydrogen (secondary N) is 1. The van der Waals surface area contributed by atoms with Crippen LogP contribution in [0.5, 0.6) is 0 Å². The van der Waals surface area contributed by atoms with Gasteiger partial charge in [0.25, 0.3) is 5.69 Å². The average Bonchev–Trinajstić information content (AvgIpc) is 2.92. The first-order chi connectivity index (χ1) is 18.6. The van der Waals surface area contributed by atoms with Gasteiger partial charge in [0.1, 0.15) is 11.1 Å². The third-order valence-corrected chi connectivity index (χ3v) is 7.30. The number of nitrogens with zero attached hydrogens (tertiary/aromatic N) is 3. The van der Waals surface area contributed by atoms with Crippen molar-refractivity contribution in [3.8, 4) is 28.5 Å². The minimum absolute atomic E-state index is 0.00693. The second-order valence-electron chi connectivity index (χ2n) is 10.1. The Kier molecular flexibility index (Phi) is 8.12. The van der Waals surface area contributed by atoms with Crippen LogP contribution in [0.25, 0.3) is 22.4 Å². The fraction of sp³-hybridized carbons (Fsp3) is 0.194. The molecule has 1 aromatic heterocycles. The summed E-state index contributed by atoms with van der Waals surface area (Å²) >= 11 is 1.18. The molecule has 0 aliphatic carbocycles. The maximum absolute atomic E-state index is 13.0. The first kappa shape index (κ1) is 27.6. The first-order valence-electron chi connectivity index (χ1n) is 12.4. The predicted molar refractivity (Wildman–Crippen MR) is 156 cm³/mol. The zero-order valence-corrected chi connectivity index (χ0v) is 23.0. The molecule has 0 spiro atoms. The largest absolute Gasteiger partial charge is 0.325 e. The number of hydrogen-bond acceptors (Lipinski definition) is 6. The highest BCUT2D eigenvalue weighted by molar-refractivity contribution is 8.00. The summed E-state index contributed by atoms with van der Waals surface area (Å²) in [6, 6.07) is 27.9. The van der Waals surface area contributed by atoms with E-state index >= 15 is 0 Å². The smallest absolute Gasteiger partial charge is 0.271 e. The molecular weight excluding hydrogens is 508 g/mol. The number of carbonyl (C=O) groups is 1. The number of nitro groups is 1. The number of thioether (sulfide) groups is 1. The van der Waals surface area contributed by atoms with E-state index in [2.05, 4.69) is 44.3 Å². The lowest BCUT2D eigenvalue weighted by atomic mass is 9.86. The fourth-order valence-corrected chi connectivity index (χ4v) is 4.94. The summed E-state index contributed by atoms with van der Waals surface area (Å²) in [6.45, 7) is 8.17. The third-order valence-electron chi connectivity index (χ3n) is 6.21. The van der Waals surface area contributed by atoms with E-state index in [-0.39, 0.29) is 17.0 Å². The van der Waals surface area contributed by atoms with Crippen molar-refractivity contribution in [1.29, 1.82) is 5.26 Å². The van der Waals surface area contributed by atoms with Gasteiger partial charge in [-0.1, -0.05) is 93.2 Å². The van der Waals surface area contributed by atoms with Gasteiger partial charge in [-0.2, -0.15) is 5.26 Å². The van der Waals surface area contributed by atoms with Crippen LogP contribution in [0.1, 0.15) is 38.8 Å². The quantitative estimate of drug-likeness (QED) is 0.148. The molecule has 0 saturated carbocycles. The molecular formula is C31H28N4O3S. The molecule has 0 radical (unpaired) electrons. The summed E-state index contributed by atoms with van der Waals surface area (Å²) in [5.74, 6) is -0.354. The summed E-state index contributed by atoms with van der Waals surface area (Å²) in [7, 11) is 0. The number of amides is 1. The lowest BCUT2D eigenvalue weighted by Gasteiger charge is -2.20. The van der Waals surface area contributed by atoms with Crippen molar-refractivity contribution < 1.29 is 9.72 Å². The lowest BCUT2D eigenvalue weighted by Crippen LogP contribution is -2.22. The zero-order valence-electron chi connectivity index (χ0n) is 22.1. The van der Waals surface area contributed by atoms with Gasteiger partial charge in [0, 0.05) is 28.9 Å². The van der Waals surface area contributed by atoms with E-state index < -0.39 is 10.2 Å². The molecule has 1 atom stereocenters. The van der Waals surface area contributed by atoms with Gasteiger partial charge in [-0.3, -0.25) is 14.9 Å². The highest BCUT2D eigenvalue weighted by atomic mass is 32.2. The molecule has 196 valence electrons. The van der Waals surface area contributed by atoms with Gasteiger partial charge in [0.15, 0.2) is 0 Å². The van der Waals surface area contributed by atoms with Gasteiger partial charge in [-0.05, 0) is 35.6 Å². The predicted octanol–water partition coefficient (Wildman–Crippen LogP) is 7.61. The van der Waals surface area contributed by atoms with E-state index in [1.165, 1.54) is 35.5 Å². The topological polar surface area (TPSA) is 109 Å². The molecule has 7 nitrogen and oxygen atoms in total. The molecule has 39 heavy (non-hydrogen) atoms. The van der Waals surface area contributed by atoms with Gasteiger partial charge in [-0.25, -0.2) is 4.98 Å². The van der Waals surface area contributed by atoms with Gasteiger partial charge >= 0.3 is 0 Å².